The standard InChI is InChI=1S/C25H29FN2O3S2.2ClH/c1-31-18-5-7-23-20(15-18)19(8-10-27-23)22(26)6-4-17-9-11-28(16-21(17)25(29)30)12-14-33-24-3-2-13-32-24;;/h2-3,5,7-8,10,13,15,17,21-22H,4,6,9,11-12,14,16H2,1H3,(H,29,30);2*1H/t17-,21+,22?;;/m1../s1. The quantitative estimate of drug-likeness (QED) is 0.276. The Labute approximate surface area is 226 Å². The number of rotatable bonds is 10. The van der Waals surface area contributed by atoms with Crippen LogP contribution in [-0.2, 0) is 4.79 Å². The van der Waals surface area contributed by atoms with E-state index in [2.05, 4.69) is 21.3 Å². The van der Waals surface area contributed by atoms with Gasteiger partial charge in [-0.1, -0.05) is 6.07 Å². The van der Waals surface area contributed by atoms with Gasteiger partial charge in [-0.25, -0.2) is 4.39 Å². The van der Waals surface area contributed by atoms with Gasteiger partial charge in [-0.15, -0.1) is 47.9 Å². The molecule has 0 radical (unpaired) electrons. The van der Waals surface area contributed by atoms with Gasteiger partial charge in [0.25, 0.3) is 0 Å². The van der Waals surface area contributed by atoms with Crippen LogP contribution < -0.4 is 4.74 Å². The molecule has 3 atom stereocenters. The first-order valence-electron chi connectivity index (χ1n) is 11.2. The number of pyridine rings is 1. The van der Waals surface area contributed by atoms with Crippen molar-refractivity contribution < 1.29 is 19.0 Å². The van der Waals surface area contributed by atoms with E-state index in [1.165, 1.54) is 4.21 Å². The molecule has 0 saturated carbocycles. The summed E-state index contributed by atoms with van der Waals surface area (Å²) in [6.45, 7) is 2.28. The molecule has 10 heteroatoms. The molecule has 0 aliphatic carbocycles. The Morgan fingerprint density at radius 3 is 2.89 bits per heavy atom. The van der Waals surface area contributed by atoms with Crippen LogP contribution in [0.25, 0.3) is 10.9 Å². The van der Waals surface area contributed by atoms with Crippen molar-refractivity contribution in [2.24, 2.45) is 11.8 Å². The van der Waals surface area contributed by atoms with Gasteiger partial charge >= 0.3 is 5.97 Å². The lowest BCUT2D eigenvalue weighted by Gasteiger charge is -2.36. The zero-order chi connectivity index (χ0) is 23.2. The van der Waals surface area contributed by atoms with E-state index in [-0.39, 0.29) is 30.7 Å². The Kier molecular flexibility index (Phi) is 12.1. The molecule has 1 unspecified atom stereocenters. The number of hydrogen-bond acceptors (Lipinski definition) is 6. The van der Waals surface area contributed by atoms with E-state index < -0.39 is 18.1 Å². The van der Waals surface area contributed by atoms with E-state index >= 15 is 4.39 Å². The molecule has 0 amide bonds. The van der Waals surface area contributed by atoms with Crippen LogP contribution in [0.3, 0.4) is 0 Å². The van der Waals surface area contributed by atoms with Gasteiger partial charge < -0.3 is 14.7 Å². The monoisotopic (exact) mass is 560 g/mol. The second-order valence-corrected chi connectivity index (χ2v) is 10.7. The molecule has 1 aromatic carbocycles. The summed E-state index contributed by atoms with van der Waals surface area (Å²) in [7, 11) is 1.59. The Morgan fingerprint density at radius 2 is 2.17 bits per heavy atom. The zero-order valence-corrected chi connectivity index (χ0v) is 22.7. The van der Waals surface area contributed by atoms with Crippen LogP contribution in [-0.4, -0.2) is 53.5 Å². The fraction of sp³-hybridized carbons (Fsp3) is 0.440. The van der Waals surface area contributed by atoms with Crippen molar-refractivity contribution in [3.8, 4) is 5.75 Å². The van der Waals surface area contributed by atoms with Crippen molar-refractivity contribution in [1.29, 1.82) is 0 Å². The van der Waals surface area contributed by atoms with Crippen LogP contribution in [0.2, 0.25) is 0 Å². The van der Waals surface area contributed by atoms with Gasteiger partial charge in [-0.05, 0) is 73.0 Å². The highest BCUT2D eigenvalue weighted by molar-refractivity contribution is 8.01. The summed E-state index contributed by atoms with van der Waals surface area (Å²) in [6.07, 6.45) is 2.11. The van der Waals surface area contributed by atoms with E-state index in [1.807, 2.05) is 36.0 Å². The van der Waals surface area contributed by atoms with Gasteiger partial charge in [0.15, 0.2) is 0 Å². The average Bonchev–Trinajstić information content (AvgIpc) is 3.35. The van der Waals surface area contributed by atoms with E-state index in [4.69, 9.17) is 4.74 Å². The van der Waals surface area contributed by atoms with Crippen LogP contribution in [0, 0.1) is 11.8 Å². The molecule has 192 valence electrons. The number of likely N-dealkylation sites (tertiary alicyclic amines) is 1. The van der Waals surface area contributed by atoms with Gasteiger partial charge in [-0.3, -0.25) is 9.78 Å². The first-order chi connectivity index (χ1) is 16.0. The molecule has 35 heavy (non-hydrogen) atoms. The zero-order valence-electron chi connectivity index (χ0n) is 19.5. The molecule has 1 saturated heterocycles. The number of nitrogens with zero attached hydrogens (tertiary/aromatic N) is 2. The maximum atomic E-state index is 15.3. The number of alkyl halides is 1. The predicted molar refractivity (Wildman–Crippen MR) is 147 cm³/mol. The van der Waals surface area contributed by atoms with Gasteiger partial charge in [-0.2, -0.15) is 0 Å². The minimum atomic E-state index is -1.17. The fourth-order valence-electron chi connectivity index (χ4n) is 4.58. The molecule has 0 bridgehead atoms. The molecule has 1 N–H and O–H groups in total. The summed E-state index contributed by atoms with van der Waals surface area (Å²) in [5.41, 5.74) is 1.32. The number of halogens is 3. The number of aromatic nitrogens is 1. The van der Waals surface area contributed by atoms with Gasteiger partial charge in [0.2, 0.25) is 0 Å². The van der Waals surface area contributed by atoms with E-state index in [1.54, 1.807) is 30.7 Å². The number of ether oxygens (including phenoxy) is 1. The van der Waals surface area contributed by atoms with Crippen LogP contribution in [0.5, 0.6) is 5.75 Å². The Hall–Kier alpha value is -1.58. The Morgan fingerprint density at radius 1 is 1.34 bits per heavy atom. The lowest BCUT2D eigenvalue weighted by molar-refractivity contribution is -0.146. The SMILES string of the molecule is COc1ccc2nccc(C(F)CC[C@@H]3CCN(CCSc4cccs4)C[C@@H]3C(=O)O)c2c1.Cl.Cl. The number of methoxy groups -OCH3 is 1. The highest BCUT2D eigenvalue weighted by Gasteiger charge is 2.34. The third kappa shape index (κ3) is 7.70. The Balaban J connectivity index is 0.00000216. The normalized spacial score (nSPS) is 18.9. The highest BCUT2D eigenvalue weighted by atomic mass is 35.5. The fourth-order valence-corrected chi connectivity index (χ4v) is 6.44. The van der Waals surface area contributed by atoms with Crippen molar-refractivity contribution in [1.82, 2.24) is 9.88 Å². The summed E-state index contributed by atoms with van der Waals surface area (Å²) in [5.74, 6) is 0.379. The molecule has 1 fully saturated rings. The van der Waals surface area contributed by atoms with Crippen LogP contribution in [0.1, 0.15) is 31.0 Å². The van der Waals surface area contributed by atoms with Crippen molar-refractivity contribution in [3.63, 3.8) is 0 Å². The summed E-state index contributed by atoms with van der Waals surface area (Å²) in [6, 6.07) is 11.3. The van der Waals surface area contributed by atoms with Gasteiger partial charge in [0.05, 0.1) is 22.8 Å². The maximum Gasteiger partial charge on any atom is 0.308 e. The highest BCUT2D eigenvalue weighted by Crippen LogP contribution is 2.35. The number of piperidine rings is 1. The number of aliphatic carboxylic acids is 1. The predicted octanol–water partition coefficient (Wildman–Crippen LogP) is 6.75. The van der Waals surface area contributed by atoms with Gasteiger partial charge in [0, 0.05) is 30.4 Å². The van der Waals surface area contributed by atoms with E-state index in [0.717, 1.165) is 36.2 Å². The number of fused-ring (bicyclic) bond motifs is 1. The third-order valence-electron chi connectivity index (χ3n) is 6.41. The van der Waals surface area contributed by atoms with E-state index in [0.29, 0.717) is 30.7 Å². The largest absolute Gasteiger partial charge is 0.497 e. The summed E-state index contributed by atoms with van der Waals surface area (Å²) >= 11 is 3.54. The maximum absolute atomic E-state index is 15.3. The lowest BCUT2D eigenvalue weighted by atomic mass is 9.81. The lowest BCUT2D eigenvalue weighted by Crippen LogP contribution is -2.44. The average molecular weight is 562 g/mol. The van der Waals surface area contributed by atoms with Crippen LogP contribution >= 0.6 is 47.9 Å². The van der Waals surface area contributed by atoms with Crippen molar-refractivity contribution in [2.45, 2.75) is 29.6 Å². The van der Waals surface area contributed by atoms with Crippen LogP contribution in [0.15, 0.2) is 52.2 Å². The van der Waals surface area contributed by atoms with E-state index in [9.17, 15) is 9.90 Å². The first kappa shape index (κ1) is 29.6. The van der Waals surface area contributed by atoms with Crippen molar-refractivity contribution in [3.05, 3.63) is 53.5 Å². The molecule has 1 aliphatic rings. The second kappa shape index (κ2) is 14.2. The minimum absolute atomic E-state index is 0. The molecular formula is C25H31Cl2FN2O3S2. The number of carboxylic acid groups (broad SMARTS) is 1. The van der Waals surface area contributed by atoms with Crippen LogP contribution in [0.4, 0.5) is 4.39 Å². The molecular weight excluding hydrogens is 530 g/mol. The molecule has 2 aromatic heterocycles. The number of carbonyl (C=O) groups is 1. The number of benzene rings is 1. The molecule has 3 heterocycles. The molecule has 3 aromatic rings. The number of thioether (sulfide) groups is 1. The minimum Gasteiger partial charge on any atom is -0.497 e. The number of hydrogen-bond donors (Lipinski definition) is 1. The molecule has 4 rings (SSSR count). The van der Waals surface area contributed by atoms with Crippen molar-refractivity contribution >= 4 is 64.8 Å². The first-order valence-corrected chi connectivity index (χ1v) is 13.1. The third-order valence-corrected chi connectivity index (χ3v) is 8.53. The second-order valence-electron chi connectivity index (χ2n) is 8.40. The van der Waals surface area contributed by atoms with Gasteiger partial charge in [0.1, 0.15) is 11.9 Å². The summed E-state index contributed by atoms with van der Waals surface area (Å²) in [4.78, 5) is 18.6. The number of thiophene rings is 1. The van der Waals surface area contributed by atoms with Crippen molar-refractivity contribution in [2.75, 3.05) is 32.5 Å². The summed E-state index contributed by atoms with van der Waals surface area (Å²) in [5, 5.41) is 12.7. The smallest absolute Gasteiger partial charge is 0.308 e. The summed E-state index contributed by atoms with van der Waals surface area (Å²) < 4.78 is 21.9. The topological polar surface area (TPSA) is 62.7 Å². The Bertz CT molecular complexity index is 1070. The number of carboxylic acids is 1. The molecule has 1 aliphatic heterocycles. The molecule has 0 spiro atoms. The molecule has 5 nitrogen and oxygen atoms in total.